The van der Waals surface area contributed by atoms with E-state index in [-0.39, 0.29) is 21.0 Å². The van der Waals surface area contributed by atoms with E-state index in [1.807, 2.05) is 6.92 Å². The number of unbranched alkanes of at least 4 members (excludes halogenated alkanes) is 1. The smallest absolute Gasteiger partial charge is 0.336 e. The lowest BCUT2D eigenvalue weighted by atomic mass is 10.1. The number of rotatable bonds is 6. The zero-order valence-corrected chi connectivity index (χ0v) is 13.3. The van der Waals surface area contributed by atoms with Gasteiger partial charge in [-0.3, -0.25) is 0 Å². The zero-order chi connectivity index (χ0) is 15.5. The summed E-state index contributed by atoms with van der Waals surface area (Å²) in [6.07, 6.45) is 1.61. The van der Waals surface area contributed by atoms with E-state index in [0.29, 0.717) is 6.54 Å². The van der Waals surface area contributed by atoms with Crippen LogP contribution in [-0.4, -0.2) is 37.4 Å². The van der Waals surface area contributed by atoms with Gasteiger partial charge in [0.1, 0.15) is 0 Å². The molecule has 0 unspecified atom stereocenters. The van der Waals surface area contributed by atoms with Crippen molar-refractivity contribution in [2.24, 2.45) is 0 Å². The van der Waals surface area contributed by atoms with Crippen molar-refractivity contribution >= 4 is 27.6 Å². The number of nitrogens with zero attached hydrogens (tertiary/aromatic N) is 1. The maximum atomic E-state index is 12.5. The van der Waals surface area contributed by atoms with Gasteiger partial charge >= 0.3 is 5.97 Å². The topological polar surface area (TPSA) is 74.7 Å². The number of hydrogen-bond acceptors (Lipinski definition) is 3. The summed E-state index contributed by atoms with van der Waals surface area (Å²) >= 11 is 5.83. The zero-order valence-electron chi connectivity index (χ0n) is 11.7. The van der Waals surface area contributed by atoms with Crippen LogP contribution in [0.25, 0.3) is 0 Å². The average molecular weight is 320 g/mol. The molecule has 0 saturated carbocycles. The van der Waals surface area contributed by atoms with Gasteiger partial charge < -0.3 is 5.11 Å². The highest BCUT2D eigenvalue weighted by atomic mass is 35.5. The maximum absolute atomic E-state index is 12.5. The molecule has 0 aliphatic heterocycles. The van der Waals surface area contributed by atoms with Crippen LogP contribution in [0.4, 0.5) is 0 Å². The molecule has 112 valence electrons. The predicted octanol–water partition coefficient (Wildman–Crippen LogP) is 2.77. The minimum Gasteiger partial charge on any atom is -0.478 e. The summed E-state index contributed by atoms with van der Waals surface area (Å²) in [5, 5.41) is 9.19. The van der Waals surface area contributed by atoms with E-state index in [2.05, 4.69) is 0 Å². The summed E-state index contributed by atoms with van der Waals surface area (Å²) in [5.74, 6) is -1.20. The maximum Gasteiger partial charge on any atom is 0.336 e. The normalized spacial score (nSPS) is 11.8. The number of hydrogen-bond donors (Lipinski definition) is 1. The Balaban J connectivity index is 3.35. The number of benzene rings is 1. The van der Waals surface area contributed by atoms with Crippen molar-refractivity contribution in [2.75, 3.05) is 13.6 Å². The molecule has 1 N–H and O–H groups in total. The Morgan fingerprint density at radius 2 is 2.00 bits per heavy atom. The summed E-state index contributed by atoms with van der Waals surface area (Å²) < 4.78 is 26.1. The monoisotopic (exact) mass is 319 g/mol. The molecule has 20 heavy (non-hydrogen) atoms. The lowest BCUT2D eigenvalue weighted by Crippen LogP contribution is -2.29. The second-order valence-electron chi connectivity index (χ2n) is 4.56. The molecule has 0 saturated heterocycles. The van der Waals surface area contributed by atoms with Gasteiger partial charge in [-0.25, -0.2) is 17.5 Å². The van der Waals surface area contributed by atoms with Gasteiger partial charge in [0.2, 0.25) is 10.0 Å². The molecule has 0 amide bonds. The quantitative estimate of drug-likeness (QED) is 0.875. The molecular weight excluding hydrogens is 302 g/mol. The summed E-state index contributed by atoms with van der Waals surface area (Å²) in [6.45, 7) is 3.82. The van der Waals surface area contributed by atoms with Crippen LogP contribution < -0.4 is 0 Å². The molecule has 1 aromatic carbocycles. The van der Waals surface area contributed by atoms with Crippen molar-refractivity contribution in [2.45, 2.75) is 31.6 Å². The first kappa shape index (κ1) is 16.9. The van der Waals surface area contributed by atoms with Gasteiger partial charge in [-0.1, -0.05) is 24.9 Å². The molecule has 0 atom stereocenters. The van der Waals surface area contributed by atoms with E-state index in [0.717, 1.165) is 12.8 Å². The molecule has 5 nitrogen and oxygen atoms in total. The summed E-state index contributed by atoms with van der Waals surface area (Å²) in [4.78, 5) is 11.1. The third-order valence-electron chi connectivity index (χ3n) is 3.07. The standard InChI is InChI=1S/C13H18ClNO4S/c1-4-5-6-15(3)20(18,19)12-8-10(14)7-11(9(12)2)13(16)17/h7-8H,4-6H2,1-3H3,(H,16,17). The molecule has 0 aromatic heterocycles. The van der Waals surface area contributed by atoms with E-state index in [9.17, 15) is 13.2 Å². The van der Waals surface area contributed by atoms with Crippen molar-refractivity contribution in [1.82, 2.24) is 4.31 Å². The van der Waals surface area contributed by atoms with Gasteiger partial charge in [0.15, 0.2) is 0 Å². The fraction of sp³-hybridized carbons (Fsp3) is 0.462. The number of sulfonamides is 1. The van der Waals surface area contributed by atoms with Gasteiger partial charge in [-0.15, -0.1) is 0 Å². The summed E-state index contributed by atoms with van der Waals surface area (Å²) in [6, 6.07) is 2.55. The summed E-state index contributed by atoms with van der Waals surface area (Å²) in [7, 11) is -2.26. The Bertz CT molecular complexity index is 613. The first-order valence-electron chi connectivity index (χ1n) is 6.21. The number of aromatic carboxylic acids is 1. The van der Waals surface area contributed by atoms with Crippen LogP contribution in [-0.2, 0) is 10.0 Å². The third-order valence-corrected chi connectivity index (χ3v) is 5.27. The van der Waals surface area contributed by atoms with Crippen molar-refractivity contribution in [3.05, 3.63) is 28.3 Å². The second kappa shape index (κ2) is 6.56. The van der Waals surface area contributed by atoms with Gasteiger partial charge in [0.05, 0.1) is 10.5 Å². The van der Waals surface area contributed by atoms with Crippen molar-refractivity contribution in [3.63, 3.8) is 0 Å². The highest BCUT2D eigenvalue weighted by Crippen LogP contribution is 2.26. The first-order valence-corrected chi connectivity index (χ1v) is 8.03. The molecular formula is C13H18ClNO4S. The molecule has 0 aliphatic carbocycles. The Labute approximate surface area is 124 Å². The number of carboxylic acids is 1. The van der Waals surface area contributed by atoms with Gasteiger partial charge in [-0.2, -0.15) is 0 Å². The second-order valence-corrected chi connectivity index (χ2v) is 7.01. The Morgan fingerprint density at radius 3 is 2.50 bits per heavy atom. The van der Waals surface area contributed by atoms with Crippen LogP contribution in [0.1, 0.15) is 35.7 Å². The fourth-order valence-corrected chi connectivity index (χ4v) is 3.57. The molecule has 0 spiro atoms. The fourth-order valence-electron chi connectivity index (χ4n) is 1.81. The Hall–Kier alpha value is -1.11. The molecule has 1 rings (SSSR count). The predicted molar refractivity (Wildman–Crippen MR) is 77.9 cm³/mol. The SMILES string of the molecule is CCCCN(C)S(=O)(=O)c1cc(Cl)cc(C(=O)O)c1C. The van der Waals surface area contributed by atoms with Gasteiger partial charge in [-0.05, 0) is 31.0 Å². The van der Waals surface area contributed by atoms with E-state index in [1.54, 1.807) is 0 Å². The molecule has 7 heteroatoms. The summed E-state index contributed by atoms with van der Waals surface area (Å²) in [5.41, 5.74) is 0.102. The minimum absolute atomic E-state index is 0.0546. The molecule has 0 radical (unpaired) electrons. The van der Waals surface area contributed by atoms with Gasteiger partial charge in [0.25, 0.3) is 0 Å². The molecule has 1 aromatic rings. The molecule has 0 heterocycles. The number of carboxylic acid groups (broad SMARTS) is 1. The Morgan fingerprint density at radius 1 is 1.40 bits per heavy atom. The van der Waals surface area contributed by atoms with Gasteiger partial charge in [0, 0.05) is 18.6 Å². The van der Waals surface area contributed by atoms with Crippen molar-refractivity contribution in [3.8, 4) is 0 Å². The third kappa shape index (κ3) is 3.50. The number of halogens is 1. The van der Waals surface area contributed by atoms with Crippen molar-refractivity contribution in [1.29, 1.82) is 0 Å². The molecule has 0 bridgehead atoms. The average Bonchev–Trinajstić information content (AvgIpc) is 2.37. The van der Waals surface area contributed by atoms with E-state index in [4.69, 9.17) is 16.7 Å². The van der Waals surface area contributed by atoms with E-state index in [1.165, 1.54) is 30.4 Å². The lowest BCUT2D eigenvalue weighted by Gasteiger charge is -2.19. The number of carbonyl (C=O) groups is 1. The lowest BCUT2D eigenvalue weighted by molar-refractivity contribution is 0.0696. The minimum atomic E-state index is -3.73. The van der Waals surface area contributed by atoms with Crippen molar-refractivity contribution < 1.29 is 18.3 Å². The van der Waals surface area contributed by atoms with E-state index < -0.39 is 16.0 Å². The van der Waals surface area contributed by atoms with Crippen LogP contribution in [0, 0.1) is 6.92 Å². The van der Waals surface area contributed by atoms with Crippen LogP contribution in [0.3, 0.4) is 0 Å². The first-order chi connectivity index (χ1) is 9.21. The van der Waals surface area contributed by atoms with Crippen LogP contribution in [0.2, 0.25) is 5.02 Å². The highest BCUT2D eigenvalue weighted by Gasteiger charge is 2.25. The van der Waals surface area contributed by atoms with Crippen LogP contribution in [0.15, 0.2) is 17.0 Å². The van der Waals surface area contributed by atoms with Crippen LogP contribution >= 0.6 is 11.6 Å². The largest absolute Gasteiger partial charge is 0.478 e. The van der Waals surface area contributed by atoms with Crippen LogP contribution in [0.5, 0.6) is 0 Å². The molecule has 0 fully saturated rings. The van der Waals surface area contributed by atoms with E-state index >= 15 is 0 Å². The molecule has 0 aliphatic rings. The highest BCUT2D eigenvalue weighted by molar-refractivity contribution is 7.89. The Kier molecular flexibility index (Phi) is 5.56.